The zero-order chi connectivity index (χ0) is 26.8. The number of nitrogens with zero attached hydrogens (tertiary/aromatic N) is 6. The molecule has 0 spiro atoms. The number of ether oxygens (including phenoxy) is 1. The number of fused-ring (bicyclic) bond motifs is 1. The zero-order valence-electron chi connectivity index (χ0n) is 21.7. The number of β-amino-alcohol motifs (C(OH)–C–C–N with tert-alkyl or cyclic N) is 1. The van der Waals surface area contributed by atoms with Crippen molar-refractivity contribution in [3.8, 4) is 12.1 Å². The Morgan fingerprint density at radius 1 is 1.13 bits per heavy atom. The predicted molar refractivity (Wildman–Crippen MR) is 148 cm³/mol. The average molecular weight is 564 g/mol. The number of aliphatic hydroxyl groups excluding tert-OH is 1. The lowest BCUT2D eigenvalue weighted by molar-refractivity contribution is 0.153. The van der Waals surface area contributed by atoms with E-state index in [4.69, 9.17) is 22.1 Å². The molecule has 206 valence electrons. The first-order chi connectivity index (χ1) is 18.4. The van der Waals surface area contributed by atoms with E-state index in [-0.39, 0.29) is 12.0 Å². The number of anilines is 3. The van der Waals surface area contributed by atoms with Crippen molar-refractivity contribution in [3.63, 3.8) is 0 Å². The Balaban J connectivity index is 0.000000273. The second kappa shape index (κ2) is 11.8. The van der Waals surface area contributed by atoms with E-state index in [2.05, 4.69) is 30.7 Å². The number of aromatic nitrogens is 2. The van der Waals surface area contributed by atoms with E-state index in [0.717, 1.165) is 62.5 Å². The molecule has 0 saturated carbocycles. The zero-order valence-corrected chi connectivity index (χ0v) is 23.2. The molecule has 9 nitrogen and oxygen atoms in total. The van der Waals surface area contributed by atoms with Gasteiger partial charge in [-0.25, -0.2) is 4.39 Å². The van der Waals surface area contributed by atoms with Crippen molar-refractivity contribution >= 4 is 39.6 Å². The summed E-state index contributed by atoms with van der Waals surface area (Å²) in [5, 5.41) is 20.0. The fourth-order valence-corrected chi connectivity index (χ4v) is 7.45. The summed E-state index contributed by atoms with van der Waals surface area (Å²) < 4.78 is 18.5. The number of nitriles is 1. The molecule has 6 rings (SSSR count). The van der Waals surface area contributed by atoms with E-state index in [0.29, 0.717) is 46.6 Å². The summed E-state index contributed by atoms with van der Waals surface area (Å²) in [6.07, 6.45) is 5.05. The quantitative estimate of drug-likeness (QED) is 0.573. The summed E-state index contributed by atoms with van der Waals surface area (Å²) in [7, 11) is 1.55. The van der Waals surface area contributed by atoms with Crippen molar-refractivity contribution in [3.05, 3.63) is 21.5 Å². The molecule has 0 bridgehead atoms. The molecule has 38 heavy (non-hydrogen) atoms. The molecule has 4 fully saturated rings. The molecule has 6 heterocycles. The Morgan fingerprint density at radius 2 is 1.87 bits per heavy atom. The third-order valence-corrected chi connectivity index (χ3v) is 9.26. The average Bonchev–Trinajstić information content (AvgIpc) is 3.68. The molecule has 4 saturated heterocycles. The second-order valence-electron chi connectivity index (χ2n) is 10.5. The molecule has 0 radical (unpaired) electrons. The van der Waals surface area contributed by atoms with Gasteiger partial charge in [0.1, 0.15) is 28.9 Å². The van der Waals surface area contributed by atoms with Gasteiger partial charge in [-0.05, 0) is 45.1 Å². The fraction of sp³-hybridized carbons (Fsp3) is 0.654. The molecular weight excluding hydrogens is 529 g/mol. The van der Waals surface area contributed by atoms with Crippen LogP contribution in [-0.2, 0) is 0 Å². The van der Waals surface area contributed by atoms with Crippen LogP contribution >= 0.6 is 22.9 Å². The maximum absolute atomic E-state index is 12.6. The Hall–Kier alpha value is -2.39. The van der Waals surface area contributed by atoms with Crippen LogP contribution in [0.15, 0.2) is 6.07 Å². The van der Waals surface area contributed by atoms with E-state index >= 15 is 0 Å². The van der Waals surface area contributed by atoms with Gasteiger partial charge in [-0.1, -0.05) is 11.6 Å². The lowest BCUT2D eigenvalue weighted by Crippen LogP contribution is -2.39. The van der Waals surface area contributed by atoms with Crippen molar-refractivity contribution in [2.45, 2.75) is 62.8 Å². The fourth-order valence-electron chi connectivity index (χ4n) is 6.12. The summed E-state index contributed by atoms with van der Waals surface area (Å²) in [5.74, 6) is 1.64. The van der Waals surface area contributed by atoms with Crippen molar-refractivity contribution in [2.75, 3.05) is 61.9 Å². The van der Waals surface area contributed by atoms with Crippen LogP contribution in [0, 0.1) is 11.3 Å². The van der Waals surface area contributed by atoms with Crippen molar-refractivity contribution < 1.29 is 14.2 Å². The van der Waals surface area contributed by atoms with Crippen molar-refractivity contribution in [2.24, 2.45) is 0 Å². The van der Waals surface area contributed by atoms with Gasteiger partial charge < -0.3 is 25.4 Å². The van der Waals surface area contributed by atoms with Crippen LogP contribution in [-0.4, -0.2) is 84.7 Å². The van der Waals surface area contributed by atoms with Crippen LogP contribution in [0.4, 0.5) is 21.0 Å². The monoisotopic (exact) mass is 563 g/mol. The SMILES string of the molecule is COc1nc(N2CCCC(O)C2)cc(N2CCC(c3c(Cl)sc(N)c3C#N)C2)n1.FC1CC2CCCN2C1. The summed E-state index contributed by atoms with van der Waals surface area (Å²) >= 11 is 7.64. The molecule has 0 amide bonds. The highest BCUT2D eigenvalue weighted by Gasteiger charge is 2.35. The van der Waals surface area contributed by atoms with Crippen LogP contribution in [0.3, 0.4) is 0 Å². The molecule has 2 aromatic rings. The van der Waals surface area contributed by atoms with Gasteiger partial charge in [-0.2, -0.15) is 15.2 Å². The highest BCUT2D eigenvalue weighted by Crippen LogP contribution is 2.43. The topological polar surface area (TPSA) is 115 Å². The van der Waals surface area contributed by atoms with E-state index in [1.54, 1.807) is 7.11 Å². The van der Waals surface area contributed by atoms with Gasteiger partial charge in [0.15, 0.2) is 0 Å². The van der Waals surface area contributed by atoms with Crippen LogP contribution in [0.25, 0.3) is 0 Å². The number of aliphatic hydroxyl groups is 1. The maximum Gasteiger partial charge on any atom is 0.320 e. The minimum Gasteiger partial charge on any atom is -0.467 e. The Bertz CT molecular complexity index is 1170. The summed E-state index contributed by atoms with van der Waals surface area (Å²) in [5.41, 5.74) is 7.29. The van der Waals surface area contributed by atoms with Gasteiger partial charge in [0.05, 0.1) is 23.1 Å². The molecule has 12 heteroatoms. The third kappa shape index (κ3) is 5.78. The van der Waals surface area contributed by atoms with Gasteiger partial charge in [0, 0.05) is 56.3 Å². The number of rotatable bonds is 4. The van der Waals surface area contributed by atoms with E-state index in [1.165, 1.54) is 24.2 Å². The molecule has 0 aromatic carbocycles. The third-order valence-electron chi connectivity index (χ3n) is 8.00. The lowest BCUT2D eigenvalue weighted by atomic mass is 9.97. The van der Waals surface area contributed by atoms with Gasteiger partial charge in [0.25, 0.3) is 0 Å². The van der Waals surface area contributed by atoms with Crippen LogP contribution in [0.1, 0.15) is 55.6 Å². The molecule has 4 atom stereocenters. The summed E-state index contributed by atoms with van der Waals surface area (Å²) in [6.45, 7) is 4.72. The molecule has 4 aliphatic heterocycles. The maximum atomic E-state index is 12.6. The highest BCUT2D eigenvalue weighted by molar-refractivity contribution is 7.20. The molecule has 2 aromatic heterocycles. The number of halogens is 2. The first kappa shape index (κ1) is 27.2. The molecular formula is C26H35ClFN7O2S. The standard InChI is InChI=1S/C19H23ClN6O2S.C7H12FN/c1-28-19-23-14(25-5-2-3-12(27)10-25)7-15(24-19)26-6-4-11(9-26)16-13(8-21)18(22)29-17(16)20;8-6-4-7-2-1-3-9(7)5-6/h7,11-12,27H,2-6,9-10,22H2,1H3;6-7H,1-5H2. The number of nitrogens with two attached hydrogens (primary N) is 1. The van der Waals surface area contributed by atoms with Gasteiger partial charge in [-0.15, -0.1) is 11.3 Å². The van der Waals surface area contributed by atoms with Gasteiger partial charge >= 0.3 is 6.01 Å². The Morgan fingerprint density at radius 3 is 2.55 bits per heavy atom. The van der Waals surface area contributed by atoms with E-state index < -0.39 is 6.17 Å². The minimum atomic E-state index is -0.518. The summed E-state index contributed by atoms with van der Waals surface area (Å²) in [4.78, 5) is 15.5. The number of nitrogen functional groups attached to an aromatic ring is 1. The minimum absolute atomic E-state index is 0.118. The van der Waals surface area contributed by atoms with E-state index in [9.17, 15) is 14.8 Å². The lowest BCUT2D eigenvalue weighted by Gasteiger charge is -2.31. The number of hydrogen-bond acceptors (Lipinski definition) is 10. The normalized spacial score (nSPS) is 27.1. The molecule has 3 N–H and O–H groups in total. The van der Waals surface area contributed by atoms with Crippen LogP contribution in [0.5, 0.6) is 6.01 Å². The number of alkyl halides is 1. The second-order valence-corrected chi connectivity index (χ2v) is 12.2. The van der Waals surface area contributed by atoms with Crippen molar-refractivity contribution in [1.29, 1.82) is 5.26 Å². The van der Waals surface area contributed by atoms with Crippen molar-refractivity contribution in [1.82, 2.24) is 14.9 Å². The molecule has 0 aliphatic carbocycles. The van der Waals surface area contributed by atoms with E-state index in [1.807, 2.05) is 6.07 Å². The number of thiophene rings is 1. The van der Waals surface area contributed by atoms with Crippen LogP contribution < -0.4 is 20.3 Å². The van der Waals surface area contributed by atoms with Gasteiger partial charge in [-0.3, -0.25) is 4.90 Å². The number of hydrogen-bond donors (Lipinski definition) is 2. The molecule has 4 aliphatic rings. The predicted octanol–water partition coefficient (Wildman–Crippen LogP) is 3.80. The highest BCUT2D eigenvalue weighted by atomic mass is 35.5. The summed E-state index contributed by atoms with van der Waals surface area (Å²) in [6, 6.07) is 5.05. The Labute approximate surface area is 232 Å². The largest absolute Gasteiger partial charge is 0.467 e. The number of piperidine rings is 1. The Kier molecular flexibility index (Phi) is 8.43. The first-order valence-electron chi connectivity index (χ1n) is 13.3. The first-order valence-corrected chi connectivity index (χ1v) is 14.5. The molecule has 4 unspecified atom stereocenters. The number of methoxy groups -OCH3 is 1. The van der Waals surface area contributed by atoms with Gasteiger partial charge in [0.2, 0.25) is 0 Å². The smallest absolute Gasteiger partial charge is 0.320 e. The van der Waals surface area contributed by atoms with Crippen LogP contribution in [0.2, 0.25) is 4.34 Å².